The average molecular weight is 276 g/mol. The lowest BCUT2D eigenvalue weighted by Gasteiger charge is -2.13. The molecular formula is C14H20N4O2. The number of aromatic nitrogens is 3. The summed E-state index contributed by atoms with van der Waals surface area (Å²) in [6.07, 6.45) is 1.60. The van der Waals surface area contributed by atoms with Crippen molar-refractivity contribution >= 4 is 0 Å². The molecule has 2 N–H and O–H groups in total. The maximum absolute atomic E-state index is 6.00. The number of ether oxygens (including phenoxy) is 1. The van der Waals surface area contributed by atoms with Gasteiger partial charge in [-0.1, -0.05) is 12.1 Å². The molecule has 6 heteroatoms. The Kier molecular flexibility index (Phi) is 4.68. The first-order valence-corrected chi connectivity index (χ1v) is 6.72. The van der Waals surface area contributed by atoms with Gasteiger partial charge in [0.15, 0.2) is 6.61 Å². The van der Waals surface area contributed by atoms with Gasteiger partial charge in [0, 0.05) is 25.1 Å². The fraction of sp³-hybridized carbons (Fsp3) is 0.500. The molecule has 0 saturated carbocycles. The van der Waals surface area contributed by atoms with E-state index in [0.29, 0.717) is 18.1 Å². The Labute approximate surface area is 118 Å². The Morgan fingerprint density at radius 1 is 1.30 bits per heavy atom. The second-order valence-corrected chi connectivity index (χ2v) is 4.79. The van der Waals surface area contributed by atoms with E-state index >= 15 is 0 Å². The van der Waals surface area contributed by atoms with Gasteiger partial charge >= 0.3 is 0 Å². The van der Waals surface area contributed by atoms with Crippen LogP contribution < -0.4 is 10.5 Å². The standard InChI is InChI=1S/C14H20N4O2/c1-4-11(15)7-12-13(6-5-9(2)16-12)19-8-14-17-10(3)20-18-14/h5-6,11H,4,7-8,15H2,1-3H3. The zero-order chi connectivity index (χ0) is 14.5. The molecule has 2 heterocycles. The average Bonchev–Trinajstić information content (AvgIpc) is 2.83. The van der Waals surface area contributed by atoms with Crippen molar-refractivity contribution in [3.05, 3.63) is 35.2 Å². The second kappa shape index (κ2) is 6.47. The molecule has 6 nitrogen and oxygen atoms in total. The molecule has 0 aromatic carbocycles. The molecule has 2 aromatic rings. The molecule has 0 bridgehead atoms. The fourth-order valence-corrected chi connectivity index (χ4v) is 1.81. The highest BCUT2D eigenvalue weighted by molar-refractivity contribution is 5.30. The Hall–Kier alpha value is -1.95. The van der Waals surface area contributed by atoms with Crippen LogP contribution in [0.1, 0.15) is 36.4 Å². The van der Waals surface area contributed by atoms with Gasteiger partial charge in [-0.2, -0.15) is 4.98 Å². The predicted octanol–water partition coefficient (Wildman–Crippen LogP) is 1.94. The van der Waals surface area contributed by atoms with E-state index in [4.69, 9.17) is 15.0 Å². The van der Waals surface area contributed by atoms with Gasteiger partial charge < -0.3 is 15.0 Å². The molecule has 2 aromatic heterocycles. The molecule has 108 valence electrons. The van der Waals surface area contributed by atoms with E-state index in [1.807, 2.05) is 19.1 Å². The van der Waals surface area contributed by atoms with Crippen molar-refractivity contribution in [2.75, 3.05) is 0 Å². The Balaban J connectivity index is 2.09. The van der Waals surface area contributed by atoms with Crippen LogP contribution in [0.5, 0.6) is 5.75 Å². The molecule has 1 unspecified atom stereocenters. The number of hydrogen-bond donors (Lipinski definition) is 1. The number of hydrogen-bond acceptors (Lipinski definition) is 6. The highest BCUT2D eigenvalue weighted by Crippen LogP contribution is 2.20. The van der Waals surface area contributed by atoms with Crippen LogP contribution in [0.15, 0.2) is 16.7 Å². The van der Waals surface area contributed by atoms with E-state index in [0.717, 1.165) is 23.6 Å². The number of pyridine rings is 1. The smallest absolute Gasteiger partial charge is 0.223 e. The van der Waals surface area contributed by atoms with Crippen molar-refractivity contribution in [3.8, 4) is 5.75 Å². The molecule has 0 spiro atoms. The van der Waals surface area contributed by atoms with Crippen molar-refractivity contribution < 1.29 is 9.26 Å². The van der Waals surface area contributed by atoms with Gasteiger partial charge in [0.25, 0.3) is 0 Å². The van der Waals surface area contributed by atoms with Gasteiger partial charge in [0.1, 0.15) is 5.75 Å². The van der Waals surface area contributed by atoms with E-state index in [-0.39, 0.29) is 12.6 Å². The predicted molar refractivity (Wildman–Crippen MR) is 74.3 cm³/mol. The minimum absolute atomic E-state index is 0.0825. The van der Waals surface area contributed by atoms with Gasteiger partial charge in [0.05, 0.1) is 5.69 Å². The monoisotopic (exact) mass is 276 g/mol. The molecule has 0 saturated heterocycles. The van der Waals surface area contributed by atoms with Gasteiger partial charge in [-0.25, -0.2) is 0 Å². The van der Waals surface area contributed by atoms with Crippen molar-refractivity contribution in [2.24, 2.45) is 5.73 Å². The summed E-state index contributed by atoms with van der Waals surface area (Å²) in [5.74, 6) is 1.77. The lowest BCUT2D eigenvalue weighted by atomic mass is 10.1. The lowest BCUT2D eigenvalue weighted by Crippen LogP contribution is -2.22. The summed E-state index contributed by atoms with van der Waals surface area (Å²) in [5, 5.41) is 3.80. The third-order valence-electron chi connectivity index (χ3n) is 2.98. The quantitative estimate of drug-likeness (QED) is 0.867. The van der Waals surface area contributed by atoms with Crippen LogP contribution in [0.4, 0.5) is 0 Å². The molecule has 0 radical (unpaired) electrons. The van der Waals surface area contributed by atoms with E-state index < -0.39 is 0 Å². The Morgan fingerprint density at radius 3 is 2.75 bits per heavy atom. The van der Waals surface area contributed by atoms with Crippen LogP contribution in [0.2, 0.25) is 0 Å². The SMILES string of the molecule is CCC(N)Cc1nc(C)ccc1OCc1noc(C)n1. The topological polar surface area (TPSA) is 87.1 Å². The summed E-state index contributed by atoms with van der Waals surface area (Å²) in [6, 6.07) is 3.91. The Morgan fingerprint density at radius 2 is 2.10 bits per heavy atom. The lowest BCUT2D eigenvalue weighted by molar-refractivity contribution is 0.281. The summed E-state index contributed by atoms with van der Waals surface area (Å²) in [4.78, 5) is 8.61. The molecule has 0 aliphatic carbocycles. The van der Waals surface area contributed by atoms with Crippen LogP contribution in [-0.2, 0) is 13.0 Å². The summed E-state index contributed by atoms with van der Waals surface area (Å²) >= 11 is 0. The second-order valence-electron chi connectivity index (χ2n) is 4.79. The molecule has 0 amide bonds. The molecule has 0 aliphatic rings. The number of rotatable bonds is 6. The summed E-state index contributed by atoms with van der Waals surface area (Å²) < 4.78 is 10.6. The van der Waals surface area contributed by atoms with E-state index in [1.54, 1.807) is 6.92 Å². The maximum atomic E-state index is 6.00. The first kappa shape index (κ1) is 14.5. The van der Waals surface area contributed by atoms with Crippen LogP contribution in [0, 0.1) is 13.8 Å². The first-order chi connectivity index (χ1) is 9.58. The van der Waals surface area contributed by atoms with Gasteiger partial charge in [-0.15, -0.1) is 0 Å². The normalized spacial score (nSPS) is 12.4. The van der Waals surface area contributed by atoms with Gasteiger partial charge in [0.2, 0.25) is 11.7 Å². The minimum Gasteiger partial charge on any atom is -0.484 e. The van der Waals surface area contributed by atoms with Crippen LogP contribution in [0.3, 0.4) is 0 Å². The molecular weight excluding hydrogens is 256 g/mol. The van der Waals surface area contributed by atoms with Crippen LogP contribution >= 0.6 is 0 Å². The van der Waals surface area contributed by atoms with Gasteiger partial charge in [-0.3, -0.25) is 4.98 Å². The fourth-order valence-electron chi connectivity index (χ4n) is 1.81. The van der Waals surface area contributed by atoms with E-state index in [9.17, 15) is 0 Å². The maximum Gasteiger partial charge on any atom is 0.223 e. The minimum atomic E-state index is 0.0825. The van der Waals surface area contributed by atoms with Crippen LogP contribution in [0.25, 0.3) is 0 Å². The van der Waals surface area contributed by atoms with E-state index in [1.165, 1.54) is 0 Å². The summed E-state index contributed by atoms with van der Waals surface area (Å²) in [5.41, 5.74) is 7.82. The molecule has 2 rings (SSSR count). The third-order valence-corrected chi connectivity index (χ3v) is 2.98. The van der Waals surface area contributed by atoms with Gasteiger partial charge in [-0.05, 0) is 25.5 Å². The van der Waals surface area contributed by atoms with E-state index in [2.05, 4.69) is 22.0 Å². The summed E-state index contributed by atoms with van der Waals surface area (Å²) in [6.45, 7) is 6.02. The first-order valence-electron chi connectivity index (χ1n) is 6.72. The van der Waals surface area contributed by atoms with Crippen molar-refractivity contribution in [2.45, 2.75) is 46.3 Å². The zero-order valence-electron chi connectivity index (χ0n) is 12.1. The molecule has 0 fully saturated rings. The number of nitrogens with zero attached hydrogens (tertiary/aromatic N) is 3. The highest BCUT2D eigenvalue weighted by atomic mass is 16.5. The summed E-state index contributed by atoms with van der Waals surface area (Å²) in [7, 11) is 0. The Bertz CT molecular complexity index is 568. The van der Waals surface area contributed by atoms with Crippen molar-refractivity contribution in [1.29, 1.82) is 0 Å². The highest BCUT2D eigenvalue weighted by Gasteiger charge is 2.11. The molecule has 0 aliphatic heterocycles. The largest absolute Gasteiger partial charge is 0.484 e. The molecule has 1 atom stereocenters. The van der Waals surface area contributed by atoms with Crippen LogP contribution in [-0.4, -0.2) is 21.2 Å². The van der Waals surface area contributed by atoms with Crippen molar-refractivity contribution in [3.63, 3.8) is 0 Å². The number of nitrogens with two attached hydrogens (primary N) is 1. The molecule has 20 heavy (non-hydrogen) atoms. The zero-order valence-corrected chi connectivity index (χ0v) is 12.1. The third kappa shape index (κ3) is 3.77. The van der Waals surface area contributed by atoms with Crippen molar-refractivity contribution in [1.82, 2.24) is 15.1 Å². The number of aryl methyl sites for hydroxylation is 2.